The normalized spacial score (nSPS) is 26.5. The molecule has 0 radical (unpaired) electrons. The van der Waals surface area contributed by atoms with Gasteiger partial charge in [-0.3, -0.25) is 0 Å². The lowest BCUT2D eigenvalue weighted by molar-refractivity contribution is -0.0564. The average Bonchev–Trinajstić information content (AvgIpc) is 3.17. The highest BCUT2D eigenvalue weighted by Gasteiger charge is 2.55. The fourth-order valence-corrected chi connectivity index (χ4v) is 3.57. The number of aryl methyl sites for hydroxylation is 1. The van der Waals surface area contributed by atoms with E-state index in [4.69, 9.17) is 4.74 Å². The van der Waals surface area contributed by atoms with Crippen molar-refractivity contribution in [1.82, 2.24) is 14.5 Å². The standard InChI is InChI=1S/C21H19F2N3O3/c1-12-17-14(8-7-13-5-3-4-6-15(13)22)9-26(19(17)25-11-24-12)20-21(2,23)18(28)16(10-27)29-20/h3-6,9,11,16,18,20,27-28H,10H2,1-2H3/t16-,18-,20-,21-/m1/s1. The molecule has 8 heteroatoms. The van der Waals surface area contributed by atoms with Crippen LogP contribution in [0.25, 0.3) is 11.0 Å². The van der Waals surface area contributed by atoms with Gasteiger partial charge in [0.2, 0.25) is 0 Å². The number of aromatic nitrogens is 3. The molecule has 1 aromatic carbocycles. The molecule has 0 spiro atoms. The van der Waals surface area contributed by atoms with Crippen molar-refractivity contribution in [1.29, 1.82) is 0 Å². The van der Waals surface area contributed by atoms with Crippen molar-refractivity contribution in [3.05, 3.63) is 59.4 Å². The molecule has 4 atom stereocenters. The number of hydrogen-bond acceptors (Lipinski definition) is 5. The van der Waals surface area contributed by atoms with Gasteiger partial charge in [0.1, 0.15) is 30.0 Å². The molecule has 3 aromatic rings. The molecule has 1 aliphatic rings. The van der Waals surface area contributed by atoms with E-state index in [0.717, 1.165) is 0 Å². The van der Waals surface area contributed by atoms with Gasteiger partial charge in [0, 0.05) is 6.20 Å². The van der Waals surface area contributed by atoms with E-state index in [0.29, 0.717) is 22.3 Å². The third-order valence-electron chi connectivity index (χ3n) is 5.15. The van der Waals surface area contributed by atoms with Gasteiger partial charge in [-0.05, 0) is 26.0 Å². The molecule has 1 aliphatic heterocycles. The molecule has 0 unspecified atom stereocenters. The van der Waals surface area contributed by atoms with Crippen LogP contribution in [0.2, 0.25) is 0 Å². The first-order valence-corrected chi connectivity index (χ1v) is 9.06. The topological polar surface area (TPSA) is 80.4 Å². The quantitative estimate of drug-likeness (QED) is 0.646. The van der Waals surface area contributed by atoms with Crippen LogP contribution in [0, 0.1) is 24.6 Å². The number of alkyl halides is 1. The van der Waals surface area contributed by atoms with Crippen molar-refractivity contribution in [3.8, 4) is 11.8 Å². The largest absolute Gasteiger partial charge is 0.394 e. The number of halogens is 2. The Bertz CT molecular complexity index is 1130. The van der Waals surface area contributed by atoms with Crippen molar-refractivity contribution in [3.63, 3.8) is 0 Å². The van der Waals surface area contributed by atoms with Crippen molar-refractivity contribution in [2.75, 3.05) is 6.61 Å². The van der Waals surface area contributed by atoms with Crippen LogP contribution in [0.15, 0.2) is 36.8 Å². The number of nitrogens with zero attached hydrogens (tertiary/aromatic N) is 3. The summed E-state index contributed by atoms with van der Waals surface area (Å²) in [6.07, 6.45) is -0.911. The van der Waals surface area contributed by atoms with Crippen LogP contribution in [0.1, 0.15) is 30.0 Å². The van der Waals surface area contributed by atoms with Gasteiger partial charge >= 0.3 is 0 Å². The highest BCUT2D eigenvalue weighted by atomic mass is 19.1. The molecule has 6 nitrogen and oxygen atoms in total. The smallest absolute Gasteiger partial charge is 0.181 e. The van der Waals surface area contributed by atoms with Crippen LogP contribution in [0.3, 0.4) is 0 Å². The molecule has 0 saturated carbocycles. The molecule has 0 amide bonds. The van der Waals surface area contributed by atoms with E-state index in [1.54, 1.807) is 31.3 Å². The number of hydrogen-bond donors (Lipinski definition) is 2. The second-order valence-electron chi connectivity index (χ2n) is 7.14. The Labute approximate surface area is 165 Å². The molecule has 0 bridgehead atoms. The minimum atomic E-state index is -2.17. The minimum Gasteiger partial charge on any atom is -0.394 e. The number of aliphatic hydroxyl groups excluding tert-OH is 2. The van der Waals surface area contributed by atoms with Crippen LogP contribution in [0.4, 0.5) is 8.78 Å². The van der Waals surface area contributed by atoms with Gasteiger partial charge in [0.05, 0.1) is 28.8 Å². The van der Waals surface area contributed by atoms with Crippen molar-refractivity contribution >= 4 is 11.0 Å². The predicted octanol–water partition coefficient (Wildman–Crippen LogP) is 2.26. The number of rotatable bonds is 2. The summed E-state index contributed by atoms with van der Waals surface area (Å²) in [6.45, 7) is 2.45. The van der Waals surface area contributed by atoms with Gasteiger partial charge in [0.25, 0.3) is 0 Å². The molecule has 4 rings (SSSR count). The third kappa shape index (κ3) is 3.17. The van der Waals surface area contributed by atoms with Gasteiger partial charge in [-0.25, -0.2) is 18.7 Å². The average molecular weight is 399 g/mol. The first-order valence-electron chi connectivity index (χ1n) is 9.06. The summed E-state index contributed by atoms with van der Waals surface area (Å²) in [5.41, 5.74) is -0.484. The zero-order valence-electron chi connectivity index (χ0n) is 15.8. The van der Waals surface area contributed by atoms with Crippen LogP contribution in [-0.4, -0.2) is 49.2 Å². The van der Waals surface area contributed by atoms with E-state index >= 15 is 4.39 Å². The Morgan fingerprint density at radius 2 is 1.97 bits per heavy atom. The van der Waals surface area contributed by atoms with Crippen LogP contribution < -0.4 is 0 Å². The van der Waals surface area contributed by atoms with E-state index in [9.17, 15) is 14.6 Å². The van der Waals surface area contributed by atoms with E-state index in [1.165, 1.54) is 23.9 Å². The van der Waals surface area contributed by atoms with Gasteiger partial charge in [-0.15, -0.1) is 0 Å². The molecular formula is C21H19F2N3O3. The second kappa shape index (κ2) is 7.19. The van der Waals surface area contributed by atoms with E-state index in [2.05, 4.69) is 21.8 Å². The van der Waals surface area contributed by atoms with Gasteiger partial charge in [0.15, 0.2) is 11.9 Å². The molecule has 29 heavy (non-hydrogen) atoms. The molecule has 0 aliphatic carbocycles. The van der Waals surface area contributed by atoms with Gasteiger partial charge in [-0.2, -0.15) is 0 Å². The maximum absolute atomic E-state index is 15.3. The monoisotopic (exact) mass is 399 g/mol. The zero-order chi connectivity index (χ0) is 20.8. The summed E-state index contributed by atoms with van der Waals surface area (Å²) < 4.78 is 36.2. The van der Waals surface area contributed by atoms with E-state index < -0.39 is 36.5 Å². The number of ether oxygens (including phenoxy) is 1. The SMILES string of the molecule is Cc1ncnc2c1c(C#Cc1ccccc1F)cn2[C@@H]1O[C@H](CO)[C@@H](O)[C@@]1(C)F. The lowest BCUT2D eigenvalue weighted by atomic mass is 9.98. The molecule has 2 aromatic heterocycles. The van der Waals surface area contributed by atoms with Gasteiger partial charge < -0.3 is 19.5 Å². The van der Waals surface area contributed by atoms with Crippen LogP contribution in [0.5, 0.6) is 0 Å². The Morgan fingerprint density at radius 3 is 2.66 bits per heavy atom. The maximum Gasteiger partial charge on any atom is 0.181 e. The Kier molecular flexibility index (Phi) is 4.82. The number of fused-ring (bicyclic) bond motifs is 1. The predicted molar refractivity (Wildman–Crippen MR) is 101 cm³/mol. The molecular weight excluding hydrogens is 380 g/mol. The number of benzene rings is 1. The fraction of sp³-hybridized carbons (Fsp3) is 0.333. The molecule has 3 heterocycles. The van der Waals surface area contributed by atoms with E-state index in [1.807, 2.05) is 0 Å². The summed E-state index contributed by atoms with van der Waals surface area (Å²) in [5.74, 6) is 5.25. The first kappa shape index (κ1) is 19.5. The lowest BCUT2D eigenvalue weighted by Gasteiger charge is -2.25. The Morgan fingerprint density at radius 1 is 1.24 bits per heavy atom. The maximum atomic E-state index is 15.3. The van der Waals surface area contributed by atoms with Crippen LogP contribution >= 0.6 is 0 Å². The summed E-state index contributed by atoms with van der Waals surface area (Å²) in [4.78, 5) is 8.41. The summed E-state index contributed by atoms with van der Waals surface area (Å²) >= 11 is 0. The molecule has 150 valence electrons. The Hall–Kier alpha value is -2.86. The lowest BCUT2D eigenvalue weighted by Crippen LogP contribution is -2.40. The van der Waals surface area contributed by atoms with Crippen molar-refractivity contribution in [2.24, 2.45) is 0 Å². The Balaban J connectivity index is 1.86. The second-order valence-corrected chi connectivity index (χ2v) is 7.14. The third-order valence-corrected chi connectivity index (χ3v) is 5.15. The summed E-state index contributed by atoms with van der Waals surface area (Å²) in [6, 6.07) is 6.14. The minimum absolute atomic E-state index is 0.228. The molecule has 2 N–H and O–H groups in total. The van der Waals surface area contributed by atoms with Gasteiger partial charge in [-0.1, -0.05) is 24.0 Å². The molecule has 1 saturated heterocycles. The van der Waals surface area contributed by atoms with Crippen LogP contribution in [-0.2, 0) is 4.74 Å². The van der Waals surface area contributed by atoms with E-state index in [-0.39, 0.29) is 5.56 Å². The molecule has 1 fully saturated rings. The highest BCUT2D eigenvalue weighted by Crippen LogP contribution is 2.43. The first-order chi connectivity index (χ1) is 13.8. The zero-order valence-corrected chi connectivity index (χ0v) is 15.8. The summed E-state index contributed by atoms with van der Waals surface area (Å²) in [7, 11) is 0. The fourth-order valence-electron chi connectivity index (χ4n) is 3.57. The van der Waals surface area contributed by atoms with Crippen molar-refractivity contribution < 1.29 is 23.7 Å². The highest BCUT2D eigenvalue weighted by molar-refractivity contribution is 5.86. The van der Waals surface area contributed by atoms with Crippen molar-refractivity contribution in [2.45, 2.75) is 38.0 Å². The number of aliphatic hydroxyl groups is 2. The summed E-state index contributed by atoms with van der Waals surface area (Å²) in [5, 5.41) is 20.2.